The van der Waals surface area contributed by atoms with Crippen LogP contribution in [0.3, 0.4) is 0 Å². The van der Waals surface area contributed by atoms with E-state index in [0.29, 0.717) is 24.1 Å². The fourth-order valence-corrected chi connectivity index (χ4v) is 1.52. The van der Waals surface area contributed by atoms with Crippen molar-refractivity contribution in [2.24, 2.45) is 0 Å². The van der Waals surface area contributed by atoms with E-state index in [1.54, 1.807) is 12.4 Å². The molecule has 5 heteroatoms. The van der Waals surface area contributed by atoms with E-state index in [2.05, 4.69) is 41.4 Å². The quantitative estimate of drug-likeness (QED) is 0.708. The normalized spacial score (nSPS) is 11.9. The maximum Gasteiger partial charge on any atom is 0.254 e. The van der Waals surface area contributed by atoms with Gasteiger partial charge >= 0.3 is 0 Å². The average Bonchev–Trinajstić information content (AvgIpc) is 2.44. The molecule has 1 heterocycles. The minimum Gasteiger partial charge on any atom is -0.352 e. The lowest BCUT2D eigenvalue weighted by atomic mass is 10.2. The molecule has 0 saturated heterocycles. The Bertz CT molecular complexity index is 378. The minimum absolute atomic E-state index is 0.105. The summed E-state index contributed by atoms with van der Waals surface area (Å²) in [6, 6.07) is 0.328. The number of nitrogens with one attached hydrogen (secondary N) is 2. The van der Waals surface area contributed by atoms with E-state index in [1.165, 1.54) is 0 Å². The van der Waals surface area contributed by atoms with Crippen LogP contribution in [0.1, 0.15) is 56.8 Å². The molecule has 0 aromatic carbocycles. The van der Waals surface area contributed by atoms with Crippen LogP contribution < -0.4 is 10.6 Å². The zero-order valence-corrected chi connectivity index (χ0v) is 12.1. The molecule has 19 heavy (non-hydrogen) atoms. The fraction of sp³-hybridized carbons (Fsp3) is 0.643. The first kappa shape index (κ1) is 15.4. The average molecular weight is 264 g/mol. The van der Waals surface area contributed by atoms with E-state index in [9.17, 15) is 4.79 Å². The van der Waals surface area contributed by atoms with Gasteiger partial charge in [-0.05, 0) is 19.8 Å². The van der Waals surface area contributed by atoms with Gasteiger partial charge in [0.1, 0.15) is 0 Å². The third kappa shape index (κ3) is 5.68. The minimum atomic E-state index is -0.105. The second-order valence-electron chi connectivity index (χ2n) is 4.71. The molecular formula is C14H24N4O. The second-order valence-corrected chi connectivity index (χ2v) is 4.71. The van der Waals surface area contributed by atoms with Crippen molar-refractivity contribution >= 4 is 11.9 Å². The number of hydrogen-bond acceptors (Lipinski definition) is 4. The van der Waals surface area contributed by atoms with Crippen molar-refractivity contribution in [3.63, 3.8) is 0 Å². The van der Waals surface area contributed by atoms with E-state index in [4.69, 9.17) is 0 Å². The number of hydrogen-bond donors (Lipinski definition) is 2. The molecule has 0 aliphatic heterocycles. The molecule has 0 radical (unpaired) electrons. The monoisotopic (exact) mass is 264 g/mol. The topological polar surface area (TPSA) is 66.9 Å². The molecular weight excluding hydrogens is 240 g/mol. The van der Waals surface area contributed by atoms with Crippen molar-refractivity contribution in [1.82, 2.24) is 15.3 Å². The number of anilines is 1. The van der Waals surface area contributed by atoms with Gasteiger partial charge in [0.15, 0.2) is 0 Å². The highest BCUT2D eigenvalue weighted by molar-refractivity contribution is 5.93. The molecule has 1 amide bonds. The SMILES string of the molecule is CCCCCNC(=O)c1cnc(NC(C)CC)nc1. The Morgan fingerprint density at radius 3 is 2.53 bits per heavy atom. The summed E-state index contributed by atoms with van der Waals surface area (Å²) in [7, 11) is 0. The van der Waals surface area contributed by atoms with Gasteiger partial charge in [-0.1, -0.05) is 26.7 Å². The summed E-state index contributed by atoms with van der Waals surface area (Å²) in [4.78, 5) is 20.1. The lowest BCUT2D eigenvalue weighted by Gasteiger charge is -2.11. The molecule has 1 atom stereocenters. The molecule has 1 rings (SSSR count). The van der Waals surface area contributed by atoms with Crippen LogP contribution in [0.4, 0.5) is 5.95 Å². The number of rotatable bonds is 8. The van der Waals surface area contributed by atoms with Gasteiger partial charge in [0.25, 0.3) is 5.91 Å². The molecule has 0 spiro atoms. The summed E-state index contributed by atoms with van der Waals surface area (Å²) in [5.74, 6) is 0.461. The molecule has 5 nitrogen and oxygen atoms in total. The predicted octanol–water partition coefficient (Wildman–Crippen LogP) is 2.61. The van der Waals surface area contributed by atoms with Crippen molar-refractivity contribution in [2.45, 2.75) is 52.5 Å². The van der Waals surface area contributed by atoms with E-state index in [-0.39, 0.29) is 5.91 Å². The highest BCUT2D eigenvalue weighted by Crippen LogP contribution is 2.04. The van der Waals surface area contributed by atoms with Gasteiger partial charge in [0.2, 0.25) is 5.95 Å². The summed E-state index contributed by atoms with van der Waals surface area (Å²) >= 11 is 0. The van der Waals surface area contributed by atoms with Crippen LogP contribution in [0, 0.1) is 0 Å². The summed E-state index contributed by atoms with van der Waals surface area (Å²) in [5.41, 5.74) is 0.506. The van der Waals surface area contributed by atoms with Gasteiger partial charge in [-0.3, -0.25) is 4.79 Å². The van der Waals surface area contributed by atoms with E-state index < -0.39 is 0 Å². The van der Waals surface area contributed by atoms with Gasteiger partial charge in [-0.25, -0.2) is 9.97 Å². The number of nitrogens with zero attached hydrogens (tertiary/aromatic N) is 2. The molecule has 0 bridgehead atoms. The van der Waals surface area contributed by atoms with Crippen LogP contribution in [0.5, 0.6) is 0 Å². The summed E-state index contributed by atoms with van der Waals surface area (Å²) in [6.45, 7) is 7.01. The zero-order chi connectivity index (χ0) is 14.1. The Morgan fingerprint density at radius 1 is 1.26 bits per heavy atom. The van der Waals surface area contributed by atoms with E-state index in [1.807, 2.05) is 0 Å². The molecule has 1 aromatic rings. The van der Waals surface area contributed by atoms with Gasteiger partial charge in [-0.15, -0.1) is 0 Å². The van der Waals surface area contributed by atoms with Crippen molar-refractivity contribution < 1.29 is 4.79 Å². The Labute approximate surface area is 115 Å². The smallest absolute Gasteiger partial charge is 0.254 e. The van der Waals surface area contributed by atoms with Crippen molar-refractivity contribution in [3.8, 4) is 0 Å². The Balaban J connectivity index is 2.44. The van der Waals surface area contributed by atoms with Gasteiger partial charge < -0.3 is 10.6 Å². The lowest BCUT2D eigenvalue weighted by Crippen LogP contribution is -2.25. The molecule has 0 saturated carbocycles. The molecule has 106 valence electrons. The zero-order valence-electron chi connectivity index (χ0n) is 12.1. The molecule has 2 N–H and O–H groups in total. The first-order valence-corrected chi connectivity index (χ1v) is 7.04. The van der Waals surface area contributed by atoms with Gasteiger partial charge in [0, 0.05) is 25.0 Å². The number of unbranched alkanes of at least 4 members (excludes halogenated alkanes) is 2. The predicted molar refractivity (Wildman–Crippen MR) is 77.3 cm³/mol. The summed E-state index contributed by atoms with van der Waals surface area (Å²) < 4.78 is 0. The molecule has 1 aromatic heterocycles. The third-order valence-electron chi connectivity index (χ3n) is 2.97. The number of aromatic nitrogens is 2. The van der Waals surface area contributed by atoms with Crippen LogP contribution in [-0.4, -0.2) is 28.5 Å². The van der Waals surface area contributed by atoms with E-state index >= 15 is 0 Å². The Hall–Kier alpha value is -1.65. The number of amides is 1. The Morgan fingerprint density at radius 2 is 1.95 bits per heavy atom. The molecule has 0 fully saturated rings. The number of carbonyl (C=O) groups is 1. The van der Waals surface area contributed by atoms with Crippen molar-refractivity contribution in [1.29, 1.82) is 0 Å². The van der Waals surface area contributed by atoms with Gasteiger partial charge in [-0.2, -0.15) is 0 Å². The second kappa shape index (κ2) is 8.45. The lowest BCUT2D eigenvalue weighted by molar-refractivity contribution is 0.0952. The molecule has 1 unspecified atom stereocenters. The standard InChI is InChI=1S/C14H24N4O/c1-4-6-7-8-15-13(19)12-9-16-14(17-10-12)18-11(3)5-2/h9-11H,4-8H2,1-3H3,(H,15,19)(H,16,17,18). The summed E-state index contributed by atoms with van der Waals surface area (Å²) in [5, 5.41) is 6.03. The highest BCUT2D eigenvalue weighted by Gasteiger charge is 2.07. The van der Waals surface area contributed by atoms with Crippen LogP contribution in [0.25, 0.3) is 0 Å². The van der Waals surface area contributed by atoms with Crippen molar-refractivity contribution in [3.05, 3.63) is 18.0 Å². The third-order valence-corrected chi connectivity index (χ3v) is 2.97. The largest absolute Gasteiger partial charge is 0.352 e. The van der Waals surface area contributed by atoms with Crippen LogP contribution >= 0.6 is 0 Å². The first-order valence-electron chi connectivity index (χ1n) is 7.04. The first-order chi connectivity index (χ1) is 9.17. The molecule has 0 aliphatic rings. The maximum atomic E-state index is 11.8. The van der Waals surface area contributed by atoms with Gasteiger partial charge in [0.05, 0.1) is 5.56 Å². The van der Waals surface area contributed by atoms with Crippen LogP contribution in [0.2, 0.25) is 0 Å². The maximum absolute atomic E-state index is 11.8. The Kier molecular flexibility index (Phi) is 6.85. The van der Waals surface area contributed by atoms with Crippen LogP contribution in [-0.2, 0) is 0 Å². The number of carbonyl (C=O) groups excluding carboxylic acids is 1. The van der Waals surface area contributed by atoms with Crippen LogP contribution in [0.15, 0.2) is 12.4 Å². The summed E-state index contributed by atoms with van der Waals surface area (Å²) in [6.07, 6.45) is 7.42. The van der Waals surface area contributed by atoms with Crippen molar-refractivity contribution in [2.75, 3.05) is 11.9 Å². The fourth-order valence-electron chi connectivity index (χ4n) is 1.52. The highest BCUT2D eigenvalue weighted by atomic mass is 16.1. The molecule has 0 aliphatic carbocycles. The van der Waals surface area contributed by atoms with E-state index in [0.717, 1.165) is 25.7 Å².